The predicted octanol–water partition coefficient (Wildman–Crippen LogP) is 4.41. The second-order valence-electron chi connectivity index (χ2n) is 8.20. The topological polar surface area (TPSA) is 131 Å². The Balaban J connectivity index is 1.39. The fourth-order valence-corrected chi connectivity index (χ4v) is 4.84. The molecule has 5 rings (SSSR count). The number of aryl methyl sites for hydroxylation is 2. The highest BCUT2D eigenvalue weighted by atomic mass is 32.2. The Bertz CT molecular complexity index is 1790. The SMILES string of the molecule is Cc1cc(C)nc(NS(=O)(=O)c2ccc(NC(=O)c3cc4c(ccc5ccccc54)oc3=O)cc2)n1. The van der Waals surface area contributed by atoms with E-state index in [1.807, 2.05) is 30.3 Å². The molecule has 36 heavy (non-hydrogen) atoms. The lowest BCUT2D eigenvalue weighted by Crippen LogP contribution is -2.21. The van der Waals surface area contributed by atoms with Gasteiger partial charge in [-0.15, -0.1) is 0 Å². The van der Waals surface area contributed by atoms with Gasteiger partial charge in [0.2, 0.25) is 5.95 Å². The number of fused-ring (bicyclic) bond motifs is 3. The summed E-state index contributed by atoms with van der Waals surface area (Å²) >= 11 is 0. The first-order chi connectivity index (χ1) is 17.2. The van der Waals surface area contributed by atoms with Crippen molar-refractivity contribution < 1.29 is 17.6 Å². The molecular formula is C26H20N4O5S. The van der Waals surface area contributed by atoms with Crippen LogP contribution in [0.1, 0.15) is 21.7 Å². The van der Waals surface area contributed by atoms with Crippen LogP contribution in [-0.4, -0.2) is 24.3 Å². The Morgan fingerprint density at radius 3 is 2.28 bits per heavy atom. The van der Waals surface area contributed by atoms with Gasteiger partial charge in [0.15, 0.2) is 0 Å². The van der Waals surface area contributed by atoms with Gasteiger partial charge >= 0.3 is 5.63 Å². The lowest BCUT2D eigenvalue weighted by molar-refractivity contribution is 0.102. The van der Waals surface area contributed by atoms with Crippen LogP contribution in [0.4, 0.5) is 11.6 Å². The average Bonchev–Trinajstić information content (AvgIpc) is 2.83. The molecule has 2 aromatic heterocycles. The third-order valence-electron chi connectivity index (χ3n) is 5.52. The van der Waals surface area contributed by atoms with E-state index >= 15 is 0 Å². The van der Waals surface area contributed by atoms with Crippen LogP contribution in [0.5, 0.6) is 0 Å². The number of rotatable bonds is 5. The molecule has 10 heteroatoms. The van der Waals surface area contributed by atoms with E-state index in [-0.39, 0.29) is 16.4 Å². The number of nitrogens with zero attached hydrogens (tertiary/aromatic N) is 2. The molecule has 2 N–H and O–H groups in total. The van der Waals surface area contributed by atoms with Crippen LogP contribution in [0.15, 0.2) is 86.9 Å². The molecule has 1 amide bonds. The molecule has 0 bridgehead atoms. The number of hydrogen-bond donors (Lipinski definition) is 2. The minimum atomic E-state index is -3.95. The number of sulfonamides is 1. The number of hydrogen-bond acceptors (Lipinski definition) is 7. The lowest BCUT2D eigenvalue weighted by Gasteiger charge is -2.10. The third-order valence-corrected chi connectivity index (χ3v) is 6.86. The predicted molar refractivity (Wildman–Crippen MR) is 137 cm³/mol. The molecule has 0 spiro atoms. The monoisotopic (exact) mass is 500 g/mol. The number of amides is 1. The van der Waals surface area contributed by atoms with E-state index < -0.39 is 21.6 Å². The van der Waals surface area contributed by atoms with Crippen molar-refractivity contribution in [3.8, 4) is 0 Å². The normalized spacial score (nSPS) is 11.5. The van der Waals surface area contributed by atoms with Gasteiger partial charge in [-0.25, -0.2) is 27.9 Å². The summed E-state index contributed by atoms with van der Waals surface area (Å²) in [5, 5.41) is 5.05. The number of benzene rings is 3. The van der Waals surface area contributed by atoms with Crippen LogP contribution in [0.2, 0.25) is 0 Å². The highest BCUT2D eigenvalue weighted by molar-refractivity contribution is 7.92. The Morgan fingerprint density at radius 1 is 0.861 bits per heavy atom. The molecule has 0 radical (unpaired) electrons. The standard InChI is InChI=1S/C26H20N4O5S/c1-15-13-16(2)28-26(27-15)30-36(33,34)19-10-8-18(9-11-19)29-24(31)22-14-21-20-6-4-3-5-17(20)7-12-23(21)35-25(22)32/h3-14H,1-2H3,(H,29,31)(H,27,28,30). The molecule has 0 saturated heterocycles. The summed E-state index contributed by atoms with van der Waals surface area (Å²) in [6.45, 7) is 3.48. The summed E-state index contributed by atoms with van der Waals surface area (Å²) in [6.07, 6.45) is 0. The highest BCUT2D eigenvalue weighted by Gasteiger charge is 2.18. The van der Waals surface area contributed by atoms with E-state index in [4.69, 9.17) is 4.42 Å². The van der Waals surface area contributed by atoms with E-state index in [1.54, 1.807) is 26.0 Å². The zero-order valence-corrected chi connectivity index (χ0v) is 20.1. The Morgan fingerprint density at radius 2 is 1.56 bits per heavy atom. The van der Waals surface area contributed by atoms with Gasteiger partial charge < -0.3 is 9.73 Å². The maximum Gasteiger partial charge on any atom is 0.349 e. The largest absolute Gasteiger partial charge is 0.422 e. The van der Waals surface area contributed by atoms with Crippen molar-refractivity contribution in [1.29, 1.82) is 0 Å². The van der Waals surface area contributed by atoms with Gasteiger partial charge in [-0.3, -0.25) is 4.79 Å². The van der Waals surface area contributed by atoms with E-state index in [9.17, 15) is 18.0 Å². The first-order valence-corrected chi connectivity index (χ1v) is 12.4. The minimum absolute atomic E-state index is 0.0274. The Kier molecular flexibility index (Phi) is 5.73. The smallest absolute Gasteiger partial charge is 0.349 e. The van der Waals surface area contributed by atoms with Crippen LogP contribution in [0, 0.1) is 13.8 Å². The summed E-state index contributed by atoms with van der Waals surface area (Å²) in [5.41, 5.74) is 1.01. The molecule has 0 aliphatic heterocycles. The number of nitrogens with one attached hydrogen (secondary N) is 2. The van der Waals surface area contributed by atoms with E-state index in [0.29, 0.717) is 28.0 Å². The summed E-state index contributed by atoms with van der Waals surface area (Å²) in [6, 6.07) is 19.9. The van der Waals surface area contributed by atoms with Crippen LogP contribution in [0.3, 0.4) is 0 Å². The van der Waals surface area contributed by atoms with Gasteiger partial charge in [-0.05, 0) is 67.1 Å². The Labute approximate surface area is 205 Å². The van der Waals surface area contributed by atoms with Crippen molar-refractivity contribution in [3.05, 3.63) is 100 Å². The second kappa shape index (κ2) is 8.90. The van der Waals surface area contributed by atoms with Gasteiger partial charge in [-0.2, -0.15) is 0 Å². The lowest BCUT2D eigenvalue weighted by atomic mass is 10.0. The summed E-state index contributed by atoms with van der Waals surface area (Å²) in [4.78, 5) is 33.5. The van der Waals surface area contributed by atoms with E-state index in [1.165, 1.54) is 30.3 Å². The summed E-state index contributed by atoms with van der Waals surface area (Å²) in [5.74, 6) is -0.698. The fraction of sp³-hybridized carbons (Fsp3) is 0.0769. The zero-order chi connectivity index (χ0) is 25.4. The van der Waals surface area contributed by atoms with Crippen molar-refractivity contribution in [2.75, 3.05) is 10.0 Å². The summed E-state index contributed by atoms with van der Waals surface area (Å²) < 4.78 is 33.2. The number of carbonyl (C=O) groups excluding carboxylic acids is 1. The molecule has 0 saturated carbocycles. The quantitative estimate of drug-likeness (QED) is 0.270. The molecular weight excluding hydrogens is 480 g/mol. The van der Waals surface area contributed by atoms with Crippen LogP contribution in [0.25, 0.3) is 21.7 Å². The van der Waals surface area contributed by atoms with E-state index in [0.717, 1.165) is 10.8 Å². The fourth-order valence-electron chi connectivity index (χ4n) is 3.90. The van der Waals surface area contributed by atoms with Gasteiger partial charge in [0.05, 0.1) is 4.90 Å². The average molecular weight is 501 g/mol. The molecule has 0 unspecified atom stereocenters. The van der Waals surface area contributed by atoms with Crippen LogP contribution < -0.4 is 15.7 Å². The summed E-state index contributed by atoms with van der Waals surface area (Å²) in [7, 11) is -3.95. The molecule has 3 aromatic carbocycles. The molecule has 5 aromatic rings. The van der Waals surface area contributed by atoms with Crippen molar-refractivity contribution >= 4 is 49.3 Å². The number of carbonyl (C=O) groups is 1. The van der Waals surface area contributed by atoms with Crippen LogP contribution in [-0.2, 0) is 10.0 Å². The molecule has 0 fully saturated rings. The number of anilines is 2. The third kappa shape index (κ3) is 4.53. The second-order valence-corrected chi connectivity index (χ2v) is 9.89. The van der Waals surface area contributed by atoms with Crippen molar-refractivity contribution in [3.63, 3.8) is 0 Å². The zero-order valence-electron chi connectivity index (χ0n) is 19.3. The molecule has 9 nitrogen and oxygen atoms in total. The Hall–Kier alpha value is -4.57. The molecule has 2 heterocycles. The minimum Gasteiger partial charge on any atom is -0.422 e. The molecule has 0 atom stereocenters. The first-order valence-electron chi connectivity index (χ1n) is 10.9. The van der Waals surface area contributed by atoms with Crippen molar-refractivity contribution in [1.82, 2.24) is 9.97 Å². The van der Waals surface area contributed by atoms with E-state index in [2.05, 4.69) is 20.0 Å². The van der Waals surface area contributed by atoms with Gasteiger partial charge in [-0.1, -0.05) is 30.3 Å². The van der Waals surface area contributed by atoms with Crippen molar-refractivity contribution in [2.24, 2.45) is 0 Å². The van der Waals surface area contributed by atoms with Gasteiger partial charge in [0, 0.05) is 22.5 Å². The number of aromatic nitrogens is 2. The molecule has 0 aliphatic rings. The molecule has 180 valence electrons. The maximum atomic E-state index is 12.9. The highest BCUT2D eigenvalue weighted by Crippen LogP contribution is 2.25. The van der Waals surface area contributed by atoms with Gasteiger partial charge in [0.1, 0.15) is 11.1 Å². The molecule has 0 aliphatic carbocycles. The maximum absolute atomic E-state index is 12.9. The van der Waals surface area contributed by atoms with Gasteiger partial charge in [0.25, 0.3) is 15.9 Å². The first kappa shape index (κ1) is 23.2. The van der Waals surface area contributed by atoms with Crippen LogP contribution >= 0.6 is 0 Å². The van der Waals surface area contributed by atoms with Crippen molar-refractivity contribution in [2.45, 2.75) is 18.7 Å².